The van der Waals surface area contributed by atoms with Gasteiger partial charge < -0.3 is 4.90 Å². The lowest BCUT2D eigenvalue weighted by atomic mass is 10.2. The smallest absolute Gasteiger partial charge is 0.124 e. The van der Waals surface area contributed by atoms with E-state index in [9.17, 15) is 0 Å². The number of benzene rings is 2. The maximum Gasteiger partial charge on any atom is 0.124 e. The second-order valence-corrected chi connectivity index (χ2v) is 8.77. The molecule has 0 unspecified atom stereocenters. The van der Waals surface area contributed by atoms with Gasteiger partial charge in [-0.2, -0.15) is 0 Å². The predicted molar refractivity (Wildman–Crippen MR) is 123 cm³/mol. The average molecular weight is 412 g/mol. The molecule has 0 amide bonds. The van der Waals surface area contributed by atoms with E-state index in [2.05, 4.69) is 57.7 Å². The average Bonchev–Trinajstić information content (AvgIpc) is 3.50. The number of likely N-dealkylation sites (tertiary alicyclic amines) is 1. The van der Waals surface area contributed by atoms with Crippen LogP contribution in [0.3, 0.4) is 0 Å². The molecule has 0 spiro atoms. The Kier molecular flexibility index (Phi) is 4.23. The summed E-state index contributed by atoms with van der Waals surface area (Å²) in [6, 6.07) is 14.3. The number of hydrogen-bond donors (Lipinski definition) is 0. The first-order chi connectivity index (χ1) is 14.8. The highest BCUT2D eigenvalue weighted by Crippen LogP contribution is 2.32. The fourth-order valence-electron chi connectivity index (χ4n) is 4.23. The van der Waals surface area contributed by atoms with E-state index in [-0.39, 0.29) is 0 Å². The highest BCUT2D eigenvalue weighted by molar-refractivity contribution is 7.19. The lowest BCUT2D eigenvalue weighted by Crippen LogP contribution is -2.17. The topological polar surface area (TPSA) is 46.8 Å². The number of nitrogens with zero attached hydrogens (tertiary/aromatic N) is 5. The normalized spacial score (nSPS) is 16.9. The molecule has 1 aliphatic heterocycles. The molecule has 0 bridgehead atoms. The first-order valence-corrected chi connectivity index (χ1v) is 11.2. The van der Waals surface area contributed by atoms with Crippen molar-refractivity contribution in [2.45, 2.75) is 19.3 Å². The molecule has 0 saturated carbocycles. The fraction of sp³-hybridized carbons (Fsp3) is 0.208. The van der Waals surface area contributed by atoms with Crippen molar-refractivity contribution in [3.63, 3.8) is 0 Å². The van der Waals surface area contributed by atoms with Gasteiger partial charge in [-0.3, -0.25) is 0 Å². The zero-order chi connectivity index (χ0) is 19.9. The monoisotopic (exact) mass is 411 g/mol. The van der Waals surface area contributed by atoms with E-state index in [1.54, 1.807) is 11.3 Å². The largest absolute Gasteiger partial charge is 0.375 e. The lowest BCUT2D eigenvalue weighted by Gasteiger charge is -2.19. The predicted octanol–water partition coefficient (Wildman–Crippen LogP) is 5.35. The van der Waals surface area contributed by atoms with Gasteiger partial charge in [-0.15, -0.1) is 16.4 Å². The second-order valence-electron chi connectivity index (χ2n) is 7.74. The van der Waals surface area contributed by atoms with Crippen molar-refractivity contribution in [3.8, 4) is 5.69 Å². The highest BCUT2D eigenvalue weighted by atomic mass is 32.1. The Balaban J connectivity index is 1.36. The van der Waals surface area contributed by atoms with Gasteiger partial charge in [0.05, 0.1) is 21.4 Å². The standard InChI is InChI=1S/C24H21N5S/c1-2-9-22-20(8-1)26-27-29(22)19-12-13-21-23(16-19)30-24(25-21)17-6-5-7-18(11-10-17)28-14-3-4-15-28/h1-2,5-6,8-13,16H,3-4,7,14-15H2. The van der Waals surface area contributed by atoms with Gasteiger partial charge >= 0.3 is 0 Å². The number of allylic oxidation sites excluding steroid dienone is 5. The second kappa shape index (κ2) is 7.22. The van der Waals surface area contributed by atoms with Gasteiger partial charge in [0.1, 0.15) is 10.5 Å². The summed E-state index contributed by atoms with van der Waals surface area (Å²) in [5, 5.41) is 9.68. The molecule has 148 valence electrons. The molecule has 4 aromatic rings. The number of aromatic nitrogens is 4. The number of hydrogen-bond acceptors (Lipinski definition) is 5. The van der Waals surface area contributed by atoms with Crippen LogP contribution < -0.4 is 0 Å². The van der Waals surface area contributed by atoms with E-state index in [0.29, 0.717) is 0 Å². The molecule has 1 saturated heterocycles. The minimum atomic E-state index is 0.900. The van der Waals surface area contributed by atoms with Gasteiger partial charge in [-0.05, 0) is 49.2 Å². The van der Waals surface area contributed by atoms with Gasteiger partial charge in [0, 0.05) is 30.8 Å². The third-order valence-electron chi connectivity index (χ3n) is 5.81. The van der Waals surface area contributed by atoms with Gasteiger partial charge in [0.15, 0.2) is 0 Å². The van der Waals surface area contributed by atoms with Crippen molar-refractivity contribution < 1.29 is 0 Å². The number of rotatable bonds is 3. The molecular formula is C24H21N5S. The molecule has 2 aromatic heterocycles. The van der Waals surface area contributed by atoms with Crippen molar-refractivity contribution >= 4 is 38.2 Å². The Hall–Kier alpha value is -3.25. The van der Waals surface area contributed by atoms with Crippen LogP contribution in [0.2, 0.25) is 0 Å². The van der Waals surface area contributed by atoms with Crippen LogP contribution in [0.15, 0.2) is 72.5 Å². The molecule has 1 aliphatic carbocycles. The molecule has 0 radical (unpaired) electrons. The molecule has 0 N–H and O–H groups in total. The van der Waals surface area contributed by atoms with E-state index in [4.69, 9.17) is 4.98 Å². The summed E-state index contributed by atoms with van der Waals surface area (Å²) in [4.78, 5) is 7.41. The van der Waals surface area contributed by atoms with Crippen LogP contribution >= 0.6 is 11.3 Å². The summed E-state index contributed by atoms with van der Waals surface area (Å²) in [5.41, 5.74) is 6.53. The molecule has 2 aliphatic rings. The molecule has 6 heteroatoms. The Morgan fingerprint density at radius 3 is 2.77 bits per heavy atom. The molecule has 3 heterocycles. The lowest BCUT2D eigenvalue weighted by molar-refractivity contribution is 0.419. The van der Waals surface area contributed by atoms with Crippen molar-refractivity contribution in [3.05, 3.63) is 77.5 Å². The van der Waals surface area contributed by atoms with E-state index in [1.165, 1.54) is 37.2 Å². The van der Waals surface area contributed by atoms with E-state index in [0.717, 1.165) is 38.4 Å². The molecule has 1 fully saturated rings. The Morgan fingerprint density at radius 2 is 1.83 bits per heavy atom. The van der Waals surface area contributed by atoms with Gasteiger partial charge in [0.25, 0.3) is 0 Å². The third-order valence-corrected chi connectivity index (χ3v) is 6.87. The quantitative estimate of drug-likeness (QED) is 0.456. The van der Waals surface area contributed by atoms with Crippen LogP contribution in [0.4, 0.5) is 0 Å². The summed E-state index contributed by atoms with van der Waals surface area (Å²) in [6.07, 6.45) is 12.6. The highest BCUT2D eigenvalue weighted by Gasteiger charge is 2.15. The molecular weight excluding hydrogens is 390 g/mol. The first kappa shape index (κ1) is 17.6. The SMILES string of the molecule is C1=CC(c2nc3ccc(-n4nnc5ccccc54)cc3s2)=CC=C(N2CCCC2)C1. The van der Waals surface area contributed by atoms with Crippen molar-refractivity contribution in [1.29, 1.82) is 0 Å². The van der Waals surface area contributed by atoms with E-state index < -0.39 is 0 Å². The number of thiazole rings is 1. The van der Waals surface area contributed by atoms with Gasteiger partial charge in [0.2, 0.25) is 0 Å². The maximum atomic E-state index is 4.90. The molecule has 2 aromatic carbocycles. The number of fused-ring (bicyclic) bond motifs is 2. The van der Waals surface area contributed by atoms with Crippen molar-refractivity contribution in [1.82, 2.24) is 24.9 Å². The molecule has 0 atom stereocenters. The van der Waals surface area contributed by atoms with Gasteiger partial charge in [-0.1, -0.05) is 35.6 Å². The molecule has 5 nitrogen and oxygen atoms in total. The molecule has 30 heavy (non-hydrogen) atoms. The van der Waals surface area contributed by atoms with Crippen molar-refractivity contribution in [2.75, 3.05) is 13.1 Å². The van der Waals surface area contributed by atoms with Gasteiger partial charge in [-0.25, -0.2) is 9.67 Å². The first-order valence-electron chi connectivity index (χ1n) is 10.4. The Bertz CT molecular complexity index is 1330. The number of para-hydroxylation sites is 1. The van der Waals surface area contributed by atoms with Crippen molar-refractivity contribution in [2.24, 2.45) is 0 Å². The molecule has 6 rings (SSSR count). The summed E-state index contributed by atoms with van der Waals surface area (Å²) in [5.74, 6) is 0. The van der Waals surface area contributed by atoms with E-state index >= 15 is 0 Å². The Morgan fingerprint density at radius 1 is 0.933 bits per heavy atom. The summed E-state index contributed by atoms with van der Waals surface area (Å²) < 4.78 is 3.05. The van der Waals surface area contributed by atoms with Crippen LogP contribution in [0, 0.1) is 0 Å². The third kappa shape index (κ3) is 3.04. The summed E-state index contributed by atoms with van der Waals surface area (Å²) in [6.45, 7) is 2.37. The van der Waals surface area contributed by atoms with Crippen LogP contribution in [0.5, 0.6) is 0 Å². The summed E-state index contributed by atoms with van der Waals surface area (Å²) in [7, 11) is 0. The van der Waals surface area contributed by atoms with Crippen LogP contribution in [-0.4, -0.2) is 38.0 Å². The maximum absolute atomic E-state index is 4.90. The minimum Gasteiger partial charge on any atom is -0.375 e. The van der Waals surface area contributed by atoms with Crippen LogP contribution in [0.25, 0.3) is 32.5 Å². The zero-order valence-electron chi connectivity index (χ0n) is 16.5. The zero-order valence-corrected chi connectivity index (χ0v) is 17.3. The minimum absolute atomic E-state index is 0.900. The fourth-order valence-corrected chi connectivity index (χ4v) is 5.23. The van der Waals surface area contributed by atoms with Crippen LogP contribution in [-0.2, 0) is 0 Å². The van der Waals surface area contributed by atoms with Crippen LogP contribution in [0.1, 0.15) is 24.3 Å². The summed E-state index contributed by atoms with van der Waals surface area (Å²) >= 11 is 1.73. The Labute approximate surface area is 178 Å². The van der Waals surface area contributed by atoms with E-state index in [1.807, 2.05) is 28.9 Å².